The Balaban J connectivity index is 2.55. The number of alkyl halides is 2. The number of ether oxygens (including phenoxy) is 1. The first kappa shape index (κ1) is 9.12. The van der Waals surface area contributed by atoms with Gasteiger partial charge in [0, 0.05) is 6.42 Å². The number of ketones is 1. The first-order valence-electron chi connectivity index (χ1n) is 4.27. The molecular weight excluding hydrogens is 190 g/mol. The molecule has 1 heterocycles. The largest absolute Gasteiger partial charge is 0.492 e. The number of hydrogen-bond donors (Lipinski definition) is 0. The molecule has 2 nitrogen and oxygen atoms in total. The van der Waals surface area contributed by atoms with Crippen molar-refractivity contribution in [2.24, 2.45) is 0 Å². The average molecular weight is 198 g/mol. The number of rotatable bonds is 1. The predicted octanol–water partition coefficient (Wildman–Crippen LogP) is 2.59. The Kier molecular flexibility index (Phi) is 2.19. The molecule has 0 spiro atoms. The maximum absolute atomic E-state index is 12.5. The summed E-state index contributed by atoms with van der Waals surface area (Å²) in [6.45, 7) is 0.190. The van der Waals surface area contributed by atoms with Crippen LogP contribution >= 0.6 is 0 Å². The molecule has 0 saturated carbocycles. The minimum Gasteiger partial charge on any atom is -0.492 e. The van der Waals surface area contributed by atoms with Crippen molar-refractivity contribution < 1.29 is 18.3 Å². The molecule has 1 aromatic rings. The highest BCUT2D eigenvalue weighted by Gasteiger charge is 2.24. The molecule has 14 heavy (non-hydrogen) atoms. The van der Waals surface area contributed by atoms with Gasteiger partial charge in [0.15, 0.2) is 5.78 Å². The topological polar surface area (TPSA) is 26.3 Å². The Labute approximate surface area is 79.5 Å². The van der Waals surface area contributed by atoms with Gasteiger partial charge in [-0.05, 0) is 12.1 Å². The number of fused-ring (bicyclic) bond motifs is 1. The van der Waals surface area contributed by atoms with E-state index < -0.39 is 6.43 Å². The fourth-order valence-corrected chi connectivity index (χ4v) is 1.49. The van der Waals surface area contributed by atoms with Crippen molar-refractivity contribution in [2.45, 2.75) is 12.8 Å². The molecule has 0 bridgehead atoms. The first-order chi connectivity index (χ1) is 6.70. The lowest BCUT2D eigenvalue weighted by Crippen LogP contribution is -2.16. The number of hydrogen-bond acceptors (Lipinski definition) is 2. The molecule has 0 amide bonds. The van der Waals surface area contributed by atoms with Crippen LogP contribution in [0, 0.1) is 0 Å². The molecule has 0 aromatic heterocycles. The number of carbonyl (C=O) groups excluding carboxylic acids is 1. The standard InChI is InChI=1S/C10H8F2O2/c11-10(12)7-3-1-2-6-8(13)4-5-14-9(6)7/h1-3,10H,4-5H2. The summed E-state index contributed by atoms with van der Waals surface area (Å²) in [7, 11) is 0. The zero-order valence-corrected chi connectivity index (χ0v) is 7.30. The van der Waals surface area contributed by atoms with Crippen LogP contribution in [0.3, 0.4) is 0 Å². The summed E-state index contributed by atoms with van der Waals surface area (Å²) in [5.41, 5.74) is 0.0737. The highest BCUT2D eigenvalue weighted by Crippen LogP contribution is 2.34. The molecule has 0 atom stereocenters. The van der Waals surface area contributed by atoms with E-state index in [0.717, 1.165) is 0 Å². The smallest absolute Gasteiger partial charge is 0.267 e. The van der Waals surface area contributed by atoms with Crippen molar-refractivity contribution in [3.63, 3.8) is 0 Å². The van der Waals surface area contributed by atoms with Gasteiger partial charge >= 0.3 is 0 Å². The van der Waals surface area contributed by atoms with Gasteiger partial charge in [0.25, 0.3) is 6.43 Å². The van der Waals surface area contributed by atoms with Crippen molar-refractivity contribution in [3.8, 4) is 5.75 Å². The summed E-state index contributed by atoms with van der Waals surface area (Å²) in [6, 6.07) is 4.25. The average Bonchev–Trinajstić information content (AvgIpc) is 2.17. The summed E-state index contributed by atoms with van der Waals surface area (Å²) in [5.74, 6) is -0.0764. The van der Waals surface area contributed by atoms with Crippen LogP contribution < -0.4 is 4.74 Å². The van der Waals surface area contributed by atoms with E-state index in [4.69, 9.17) is 4.74 Å². The molecule has 1 aliphatic heterocycles. The van der Waals surface area contributed by atoms with Crippen LogP contribution in [0.15, 0.2) is 18.2 Å². The van der Waals surface area contributed by atoms with Gasteiger partial charge in [0.2, 0.25) is 0 Å². The van der Waals surface area contributed by atoms with E-state index in [1.807, 2.05) is 0 Å². The lowest BCUT2D eigenvalue weighted by molar-refractivity contribution is 0.0925. The predicted molar refractivity (Wildman–Crippen MR) is 45.8 cm³/mol. The summed E-state index contributed by atoms with van der Waals surface area (Å²) in [6.07, 6.45) is -2.34. The molecule has 74 valence electrons. The van der Waals surface area contributed by atoms with E-state index in [1.54, 1.807) is 0 Å². The SMILES string of the molecule is O=C1CCOc2c1cccc2C(F)F. The zero-order chi connectivity index (χ0) is 10.1. The van der Waals surface area contributed by atoms with E-state index in [0.29, 0.717) is 0 Å². The summed E-state index contributed by atoms with van der Waals surface area (Å²) in [5, 5.41) is 0. The Morgan fingerprint density at radius 1 is 1.36 bits per heavy atom. The van der Waals surface area contributed by atoms with E-state index in [9.17, 15) is 13.6 Å². The third-order valence-electron chi connectivity index (χ3n) is 2.16. The minimum absolute atomic E-state index is 0.0544. The Morgan fingerprint density at radius 3 is 2.86 bits per heavy atom. The van der Waals surface area contributed by atoms with E-state index in [-0.39, 0.29) is 35.7 Å². The summed E-state index contributed by atoms with van der Waals surface area (Å²) >= 11 is 0. The second-order valence-corrected chi connectivity index (χ2v) is 3.05. The molecule has 0 fully saturated rings. The zero-order valence-electron chi connectivity index (χ0n) is 7.30. The van der Waals surface area contributed by atoms with Gasteiger partial charge in [-0.2, -0.15) is 0 Å². The van der Waals surface area contributed by atoms with Crippen molar-refractivity contribution in [2.75, 3.05) is 6.61 Å². The molecule has 2 rings (SSSR count). The van der Waals surface area contributed by atoms with Crippen LogP contribution in [-0.4, -0.2) is 12.4 Å². The normalized spacial score (nSPS) is 15.2. The Hall–Kier alpha value is -1.45. The molecule has 0 N–H and O–H groups in total. The molecule has 0 unspecified atom stereocenters. The highest BCUT2D eigenvalue weighted by molar-refractivity contribution is 6.00. The molecule has 1 aromatic carbocycles. The molecule has 4 heteroatoms. The quantitative estimate of drug-likeness (QED) is 0.693. The van der Waals surface area contributed by atoms with Gasteiger partial charge in [-0.3, -0.25) is 4.79 Å². The lowest BCUT2D eigenvalue weighted by Gasteiger charge is -2.18. The number of Topliss-reactive ketones (excluding diaryl/α,β-unsaturated/α-hetero) is 1. The van der Waals surface area contributed by atoms with Gasteiger partial charge in [-0.1, -0.05) is 6.07 Å². The van der Waals surface area contributed by atoms with Crippen LogP contribution in [0.1, 0.15) is 28.8 Å². The number of benzene rings is 1. The summed E-state index contributed by atoms with van der Waals surface area (Å²) < 4.78 is 30.1. The first-order valence-corrected chi connectivity index (χ1v) is 4.27. The maximum atomic E-state index is 12.5. The van der Waals surface area contributed by atoms with E-state index in [1.165, 1.54) is 18.2 Å². The monoisotopic (exact) mass is 198 g/mol. The van der Waals surface area contributed by atoms with E-state index >= 15 is 0 Å². The Bertz CT molecular complexity index is 374. The summed E-state index contributed by atoms with van der Waals surface area (Å²) in [4.78, 5) is 11.3. The van der Waals surface area contributed by atoms with Crippen molar-refractivity contribution in [3.05, 3.63) is 29.3 Å². The number of carbonyl (C=O) groups is 1. The van der Waals surface area contributed by atoms with Gasteiger partial charge in [0.05, 0.1) is 17.7 Å². The van der Waals surface area contributed by atoms with Crippen LogP contribution in [0.25, 0.3) is 0 Å². The molecule has 0 aliphatic carbocycles. The van der Waals surface area contributed by atoms with Crippen LogP contribution in [0.2, 0.25) is 0 Å². The number of halogens is 2. The molecular formula is C10H8F2O2. The Morgan fingerprint density at radius 2 is 2.14 bits per heavy atom. The molecule has 1 aliphatic rings. The van der Waals surface area contributed by atoms with Gasteiger partial charge in [0.1, 0.15) is 5.75 Å². The lowest BCUT2D eigenvalue weighted by atomic mass is 10.0. The van der Waals surface area contributed by atoms with Gasteiger partial charge in [-0.25, -0.2) is 8.78 Å². The fourth-order valence-electron chi connectivity index (χ4n) is 1.49. The van der Waals surface area contributed by atoms with Crippen molar-refractivity contribution in [1.29, 1.82) is 0 Å². The number of para-hydroxylation sites is 1. The van der Waals surface area contributed by atoms with Crippen LogP contribution in [0.5, 0.6) is 5.75 Å². The fraction of sp³-hybridized carbons (Fsp3) is 0.300. The third-order valence-corrected chi connectivity index (χ3v) is 2.16. The minimum atomic E-state index is -2.60. The third kappa shape index (κ3) is 1.36. The molecule has 0 radical (unpaired) electrons. The van der Waals surface area contributed by atoms with Crippen molar-refractivity contribution in [1.82, 2.24) is 0 Å². The van der Waals surface area contributed by atoms with E-state index in [2.05, 4.69) is 0 Å². The maximum Gasteiger partial charge on any atom is 0.267 e. The van der Waals surface area contributed by atoms with Crippen LogP contribution in [0.4, 0.5) is 8.78 Å². The van der Waals surface area contributed by atoms with Crippen molar-refractivity contribution >= 4 is 5.78 Å². The van der Waals surface area contributed by atoms with Crippen LogP contribution in [-0.2, 0) is 0 Å². The second kappa shape index (κ2) is 3.36. The highest BCUT2D eigenvalue weighted by atomic mass is 19.3. The van der Waals surface area contributed by atoms with Gasteiger partial charge in [-0.15, -0.1) is 0 Å². The molecule has 0 saturated heterocycles. The second-order valence-electron chi connectivity index (χ2n) is 3.05. The van der Waals surface area contributed by atoms with Gasteiger partial charge < -0.3 is 4.74 Å².